The van der Waals surface area contributed by atoms with Crippen molar-refractivity contribution in [3.05, 3.63) is 59.4 Å². The highest BCUT2D eigenvalue weighted by molar-refractivity contribution is 5.68. The first-order chi connectivity index (χ1) is 8.63. The minimum Gasteiger partial charge on any atom is -0.206 e. The molecule has 0 aliphatic carbocycles. The van der Waals surface area contributed by atoms with Crippen molar-refractivity contribution in [3.63, 3.8) is 0 Å². The van der Waals surface area contributed by atoms with E-state index in [1.165, 1.54) is 5.56 Å². The van der Waals surface area contributed by atoms with E-state index >= 15 is 0 Å². The number of hydrogen-bond acceptors (Lipinski definition) is 0. The lowest BCUT2D eigenvalue weighted by Crippen LogP contribution is -1.94. The minimum atomic E-state index is -0.123. The van der Waals surface area contributed by atoms with Gasteiger partial charge >= 0.3 is 0 Å². The molecule has 0 fully saturated rings. The summed E-state index contributed by atoms with van der Waals surface area (Å²) in [7, 11) is 0. The van der Waals surface area contributed by atoms with Crippen molar-refractivity contribution in [2.75, 3.05) is 0 Å². The van der Waals surface area contributed by atoms with E-state index in [4.69, 9.17) is 0 Å². The molecule has 0 saturated carbocycles. The van der Waals surface area contributed by atoms with Gasteiger partial charge in [0.1, 0.15) is 5.82 Å². The van der Waals surface area contributed by atoms with Crippen LogP contribution in [0, 0.1) is 5.82 Å². The molecule has 0 spiro atoms. The second kappa shape index (κ2) is 5.34. The van der Waals surface area contributed by atoms with Crippen molar-refractivity contribution < 1.29 is 4.39 Å². The van der Waals surface area contributed by atoms with Gasteiger partial charge in [0.25, 0.3) is 0 Å². The summed E-state index contributed by atoms with van der Waals surface area (Å²) in [4.78, 5) is 0. The molecule has 0 bridgehead atoms. The molecule has 2 aromatic carbocycles. The van der Waals surface area contributed by atoms with Gasteiger partial charge in [-0.05, 0) is 35.1 Å². The molecular formula is C17H19F. The van der Waals surface area contributed by atoms with Crippen molar-refractivity contribution >= 4 is 0 Å². The molecule has 0 nitrogen and oxygen atoms in total. The lowest BCUT2D eigenvalue weighted by Gasteiger charge is -2.11. The fourth-order valence-electron chi connectivity index (χ4n) is 2.20. The van der Waals surface area contributed by atoms with Crippen LogP contribution in [0.4, 0.5) is 4.39 Å². The fourth-order valence-corrected chi connectivity index (χ4v) is 2.20. The van der Waals surface area contributed by atoms with Crippen LogP contribution in [0.25, 0.3) is 11.1 Å². The lowest BCUT2D eigenvalue weighted by atomic mass is 9.94. The van der Waals surface area contributed by atoms with Crippen molar-refractivity contribution in [1.82, 2.24) is 0 Å². The van der Waals surface area contributed by atoms with Gasteiger partial charge in [-0.25, -0.2) is 4.39 Å². The minimum absolute atomic E-state index is 0.123. The molecule has 94 valence electrons. The molecule has 18 heavy (non-hydrogen) atoms. The van der Waals surface area contributed by atoms with Gasteiger partial charge in [-0.3, -0.25) is 0 Å². The quantitative estimate of drug-likeness (QED) is 0.695. The maximum Gasteiger partial charge on any atom is 0.131 e. The molecule has 0 N–H and O–H groups in total. The monoisotopic (exact) mass is 242 g/mol. The summed E-state index contributed by atoms with van der Waals surface area (Å²) in [6.45, 7) is 6.25. The third-order valence-electron chi connectivity index (χ3n) is 3.35. The Morgan fingerprint density at radius 1 is 1.00 bits per heavy atom. The lowest BCUT2D eigenvalue weighted by molar-refractivity contribution is 0.626. The van der Waals surface area contributed by atoms with Crippen LogP contribution in [0.1, 0.15) is 37.8 Å². The molecule has 0 aliphatic rings. The Morgan fingerprint density at radius 3 is 2.33 bits per heavy atom. The van der Waals surface area contributed by atoms with E-state index in [-0.39, 0.29) is 5.82 Å². The highest BCUT2D eigenvalue weighted by atomic mass is 19.1. The summed E-state index contributed by atoms with van der Waals surface area (Å²) in [5.41, 5.74) is 3.95. The van der Waals surface area contributed by atoms with Crippen LogP contribution in [-0.4, -0.2) is 0 Å². The topological polar surface area (TPSA) is 0 Å². The van der Waals surface area contributed by atoms with Crippen LogP contribution < -0.4 is 0 Å². The van der Waals surface area contributed by atoms with E-state index in [0.29, 0.717) is 11.5 Å². The highest BCUT2D eigenvalue weighted by Crippen LogP contribution is 2.29. The normalized spacial score (nSPS) is 10.9. The molecule has 0 amide bonds. The summed E-state index contributed by atoms with van der Waals surface area (Å²) >= 11 is 0. The predicted octanol–water partition coefficient (Wildman–Crippen LogP) is 5.18. The Labute approximate surface area is 108 Å². The maximum absolute atomic E-state index is 14.2. The number of hydrogen-bond donors (Lipinski definition) is 0. The molecule has 2 rings (SSSR count). The van der Waals surface area contributed by atoms with Crippen LogP contribution in [0.15, 0.2) is 42.5 Å². The molecular weight excluding hydrogens is 223 g/mol. The molecule has 0 aliphatic heterocycles. The first kappa shape index (κ1) is 12.8. The molecule has 0 heterocycles. The Morgan fingerprint density at radius 2 is 1.72 bits per heavy atom. The summed E-state index contributed by atoms with van der Waals surface area (Å²) in [5.74, 6) is 0.233. The van der Waals surface area contributed by atoms with Crippen molar-refractivity contribution in [3.8, 4) is 11.1 Å². The van der Waals surface area contributed by atoms with Crippen molar-refractivity contribution in [1.29, 1.82) is 0 Å². The first-order valence-electron chi connectivity index (χ1n) is 6.51. The van der Waals surface area contributed by atoms with Gasteiger partial charge in [0, 0.05) is 5.56 Å². The molecule has 0 atom stereocenters. The summed E-state index contributed by atoms with van der Waals surface area (Å²) in [5, 5.41) is 0. The predicted molar refractivity (Wildman–Crippen MR) is 75.3 cm³/mol. The smallest absolute Gasteiger partial charge is 0.131 e. The van der Waals surface area contributed by atoms with Gasteiger partial charge in [-0.1, -0.05) is 57.2 Å². The van der Waals surface area contributed by atoms with E-state index in [9.17, 15) is 4.39 Å². The summed E-state index contributed by atoms with van der Waals surface area (Å²) in [6, 6.07) is 13.6. The Bertz CT molecular complexity index is 541. The fraction of sp³-hybridized carbons (Fsp3) is 0.294. The molecule has 0 saturated heterocycles. The average molecular weight is 242 g/mol. The molecule has 1 heteroatoms. The van der Waals surface area contributed by atoms with E-state index in [1.54, 1.807) is 6.07 Å². The van der Waals surface area contributed by atoms with Crippen molar-refractivity contribution in [2.45, 2.75) is 33.1 Å². The van der Waals surface area contributed by atoms with E-state index in [1.807, 2.05) is 30.3 Å². The van der Waals surface area contributed by atoms with Gasteiger partial charge in [0.15, 0.2) is 0 Å². The molecule has 0 radical (unpaired) electrons. The molecule has 0 unspecified atom stereocenters. The number of halogens is 1. The van der Waals surface area contributed by atoms with Crippen LogP contribution >= 0.6 is 0 Å². The van der Waals surface area contributed by atoms with E-state index in [0.717, 1.165) is 17.5 Å². The van der Waals surface area contributed by atoms with Crippen LogP contribution in [0.2, 0.25) is 0 Å². The van der Waals surface area contributed by atoms with Gasteiger partial charge in [-0.2, -0.15) is 0 Å². The zero-order valence-electron chi connectivity index (χ0n) is 11.2. The Balaban J connectivity index is 2.51. The Kier molecular flexibility index (Phi) is 3.81. The van der Waals surface area contributed by atoms with Crippen LogP contribution in [0.5, 0.6) is 0 Å². The highest BCUT2D eigenvalue weighted by Gasteiger charge is 2.10. The first-order valence-corrected chi connectivity index (χ1v) is 6.51. The van der Waals surface area contributed by atoms with Crippen LogP contribution in [0.3, 0.4) is 0 Å². The zero-order chi connectivity index (χ0) is 13.1. The largest absolute Gasteiger partial charge is 0.206 e. The van der Waals surface area contributed by atoms with Crippen molar-refractivity contribution in [2.24, 2.45) is 0 Å². The average Bonchev–Trinajstić information content (AvgIpc) is 2.38. The maximum atomic E-state index is 14.2. The third-order valence-corrected chi connectivity index (χ3v) is 3.35. The second-order valence-electron chi connectivity index (χ2n) is 4.90. The van der Waals surface area contributed by atoms with Gasteiger partial charge in [0.05, 0.1) is 0 Å². The SMILES string of the molecule is CCc1ccccc1-c1ccc(C(C)C)cc1F. The van der Waals surface area contributed by atoms with E-state index in [2.05, 4.69) is 26.8 Å². The molecule has 0 aromatic heterocycles. The van der Waals surface area contributed by atoms with E-state index < -0.39 is 0 Å². The summed E-state index contributed by atoms with van der Waals surface area (Å²) in [6.07, 6.45) is 0.918. The van der Waals surface area contributed by atoms with Crippen LogP contribution in [-0.2, 0) is 6.42 Å². The third kappa shape index (κ3) is 2.45. The molecule has 2 aromatic rings. The van der Waals surface area contributed by atoms with Gasteiger partial charge < -0.3 is 0 Å². The summed E-state index contributed by atoms with van der Waals surface area (Å²) < 4.78 is 14.2. The standard InChI is InChI=1S/C17H19F/c1-4-13-7-5-6-8-15(13)16-10-9-14(12(2)3)11-17(16)18/h5-12H,4H2,1-3H3. The number of rotatable bonds is 3. The zero-order valence-corrected chi connectivity index (χ0v) is 11.2. The number of aryl methyl sites for hydroxylation is 1. The number of benzene rings is 2. The van der Waals surface area contributed by atoms with Gasteiger partial charge in [0.2, 0.25) is 0 Å². The van der Waals surface area contributed by atoms with Gasteiger partial charge in [-0.15, -0.1) is 0 Å². The second-order valence-corrected chi connectivity index (χ2v) is 4.90. The Hall–Kier alpha value is -1.63.